The summed E-state index contributed by atoms with van der Waals surface area (Å²) in [5, 5.41) is 26.6. The van der Waals surface area contributed by atoms with Gasteiger partial charge in [-0.3, -0.25) is 9.59 Å². The van der Waals surface area contributed by atoms with Gasteiger partial charge in [-0.2, -0.15) is 0 Å². The van der Waals surface area contributed by atoms with Crippen LogP contribution in [0.5, 0.6) is 0 Å². The third kappa shape index (κ3) is 4.97. The van der Waals surface area contributed by atoms with Gasteiger partial charge in [0.2, 0.25) is 11.8 Å². The Morgan fingerprint density at radius 3 is 1.27 bits per heavy atom. The normalized spacial score (nSPS) is 19.7. The summed E-state index contributed by atoms with van der Waals surface area (Å²) in [6.45, 7) is 14.4. The molecule has 0 unspecified atom stereocenters. The number of hydrogen-bond donors (Lipinski definition) is 4. The van der Waals surface area contributed by atoms with Gasteiger partial charge in [0.25, 0.3) is 0 Å². The van der Waals surface area contributed by atoms with Gasteiger partial charge in [-0.05, 0) is 52.4 Å². The Balaban J connectivity index is 3.00. The van der Waals surface area contributed by atoms with Crippen LogP contribution < -0.4 is 10.6 Å². The lowest BCUT2D eigenvalue weighted by atomic mass is 9.66. The fourth-order valence-electron chi connectivity index (χ4n) is 3.96. The Morgan fingerprint density at radius 2 is 1.12 bits per heavy atom. The van der Waals surface area contributed by atoms with Gasteiger partial charge in [0, 0.05) is 0 Å². The van der Waals surface area contributed by atoms with Gasteiger partial charge in [-0.1, -0.05) is 34.1 Å². The molecule has 26 heavy (non-hydrogen) atoms. The average molecular weight is 371 g/mol. The second-order valence-electron chi connectivity index (χ2n) is 9.63. The van der Waals surface area contributed by atoms with Crippen molar-refractivity contribution in [1.29, 1.82) is 0 Å². The maximum Gasteiger partial charge on any atom is 0.236 e. The van der Waals surface area contributed by atoms with E-state index < -0.39 is 28.7 Å². The smallest absolute Gasteiger partial charge is 0.236 e. The zero-order chi connectivity index (χ0) is 20.5. The first kappa shape index (κ1) is 22.9. The molecule has 1 fully saturated rings. The van der Waals surface area contributed by atoms with E-state index in [0.717, 1.165) is 6.42 Å². The highest BCUT2D eigenvalue weighted by molar-refractivity contribution is 6.06. The molecule has 0 spiro atoms. The van der Waals surface area contributed by atoms with E-state index in [0.29, 0.717) is 12.8 Å². The molecule has 2 atom stereocenters. The minimum absolute atomic E-state index is 0.0268. The van der Waals surface area contributed by atoms with Crippen LogP contribution in [-0.4, -0.2) is 45.3 Å². The molecular formula is C20H38N2O4. The van der Waals surface area contributed by atoms with Gasteiger partial charge in [-0.25, -0.2) is 0 Å². The molecule has 0 aromatic rings. The Kier molecular flexibility index (Phi) is 6.91. The molecule has 1 rings (SSSR count). The van der Waals surface area contributed by atoms with Crippen LogP contribution in [0.3, 0.4) is 0 Å². The molecule has 0 saturated heterocycles. The largest absolute Gasteiger partial charge is 0.388 e. The van der Waals surface area contributed by atoms with Gasteiger partial charge < -0.3 is 20.8 Å². The van der Waals surface area contributed by atoms with Crippen molar-refractivity contribution in [2.24, 2.45) is 17.3 Å². The second-order valence-corrected chi connectivity index (χ2v) is 9.63. The Bertz CT molecular complexity index is 469. The Hall–Kier alpha value is -1.14. The van der Waals surface area contributed by atoms with Crippen LogP contribution in [0.1, 0.15) is 74.7 Å². The van der Waals surface area contributed by atoms with Gasteiger partial charge >= 0.3 is 0 Å². The Morgan fingerprint density at radius 1 is 0.808 bits per heavy atom. The van der Waals surface area contributed by atoms with Crippen molar-refractivity contribution in [2.45, 2.75) is 97.9 Å². The number of aliphatic hydroxyl groups is 2. The lowest BCUT2D eigenvalue weighted by molar-refractivity contribution is -0.153. The van der Waals surface area contributed by atoms with Gasteiger partial charge in [0.1, 0.15) is 5.41 Å². The molecule has 1 aliphatic carbocycles. The highest BCUT2D eigenvalue weighted by Crippen LogP contribution is 2.42. The standard InChI is InChI=1S/C20H38N2O4/c1-12(2)14(18(5,6)25)21-16(23)20(10-9-11-20)17(24)22-15(13(3)4)19(7,8)26/h12-15,25-26H,9-11H2,1-8H3,(H,21,23)(H,22,24)/t14-,15-/m1/s1. The molecule has 2 amide bonds. The van der Waals surface area contributed by atoms with E-state index in [-0.39, 0.29) is 23.7 Å². The first-order valence-electron chi connectivity index (χ1n) is 9.69. The van der Waals surface area contributed by atoms with E-state index in [9.17, 15) is 19.8 Å². The predicted molar refractivity (Wildman–Crippen MR) is 102 cm³/mol. The second kappa shape index (κ2) is 7.85. The molecule has 1 aliphatic rings. The maximum atomic E-state index is 13.0. The van der Waals surface area contributed by atoms with Crippen LogP contribution in [0.2, 0.25) is 0 Å². The first-order chi connectivity index (χ1) is 11.6. The number of hydrogen-bond acceptors (Lipinski definition) is 4. The molecular weight excluding hydrogens is 332 g/mol. The molecule has 4 N–H and O–H groups in total. The monoisotopic (exact) mass is 370 g/mol. The number of carbonyl (C=O) groups excluding carboxylic acids is 2. The number of nitrogens with one attached hydrogen (secondary N) is 2. The summed E-state index contributed by atoms with van der Waals surface area (Å²) in [6.07, 6.45) is 1.78. The van der Waals surface area contributed by atoms with Crippen molar-refractivity contribution >= 4 is 11.8 Å². The van der Waals surface area contributed by atoms with E-state index in [4.69, 9.17) is 0 Å². The topological polar surface area (TPSA) is 98.7 Å². The van der Waals surface area contributed by atoms with E-state index in [1.165, 1.54) is 0 Å². The molecule has 1 saturated carbocycles. The molecule has 0 heterocycles. The lowest BCUT2D eigenvalue weighted by Gasteiger charge is -2.44. The van der Waals surface area contributed by atoms with Crippen LogP contribution in [0.25, 0.3) is 0 Å². The fraction of sp³-hybridized carbons (Fsp3) is 0.900. The summed E-state index contributed by atoms with van der Waals surface area (Å²) in [4.78, 5) is 26.0. The van der Waals surface area contributed by atoms with Gasteiger partial charge in [-0.15, -0.1) is 0 Å². The molecule has 0 aliphatic heterocycles. The first-order valence-corrected chi connectivity index (χ1v) is 9.69. The zero-order valence-corrected chi connectivity index (χ0v) is 17.6. The van der Waals surface area contributed by atoms with E-state index in [2.05, 4.69) is 10.6 Å². The zero-order valence-electron chi connectivity index (χ0n) is 17.6. The van der Waals surface area contributed by atoms with Crippen molar-refractivity contribution in [3.63, 3.8) is 0 Å². The number of rotatable bonds is 8. The average Bonchev–Trinajstić information content (AvgIpc) is 2.37. The minimum atomic E-state index is -1.11. The molecule has 0 aromatic carbocycles. The molecule has 0 bridgehead atoms. The third-order valence-electron chi connectivity index (χ3n) is 5.51. The van der Waals surface area contributed by atoms with Crippen LogP contribution in [0.15, 0.2) is 0 Å². The summed E-state index contributed by atoms with van der Waals surface area (Å²) < 4.78 is 0. The van der Waals surface area contributed by atoms with Crippen molar-refractivity contribution in [3.8, 4) is 0 Å². The maximum absolute atomic E-state index is 13.0. The van der Waals surface area contributed by atoms with Crippen LogP contribution in [0.4, 0.5) is 0 Å². The quantitative estimate of drug-likeness (QED) is 0.491. The van der Waals surface area contributed by atoms with Gasteiger partial charge in [0.15, 0.2) is 0 Å². The summed E-state index contributed by atoms with van der Waals surface area (Å²) in [5.41, 5.74) is -3.28. The van der Waals surface area contributed by atoms with Crippen molar-refractivity contribution in [3.05, 3.63) is 0 Å². The molecule has 6 nitrogen and oxygen atoms in total. The van der Waals surface area contributed by atoms with Crippen LogP contribution in [0, 0.1) is 17.3 Å². The summed E-state index contributed by atoms with van der Waals surface area (Å²) in [6, 6.07) is -0.897. The van der Waals surface area contributed by atoms with E-state index in [1.807, 2.05) is 27.7 Å². The molecule has 0 aromatic heterocycles. The number of carbonyl (C=O) groups is 2. The predicted octanol–water partition coefficient (Wildman–Crippen LogP) is 1.98. The van der Waals surface area contributed by atoms with Crippen molar-refractivity contribution in [1.82, 2.24) is 10.6 Å². The van der Waals surface area contributed by atoms with Gasteiger partial charge in [0.05, 0.1) is 23.3 Å². The third-order valence-corrected chi connectivity index (χ3v) is 5.51. The molecule has 152 valence electrons. The summed E-state index contributed by atoms with van der Waals surface area (Å²) >= 11 is 0. The fourth-order valence-corrected chi connectivity index (χ4v) is 3.96. The van der Waals surface area contributed by atoms with E-state index in [1.54, 1.807) is 27.7 Å². The van der Waals surface area contributed by atoms with Crippen molar-refractivity contribution < 1.29 is 19.8 Å². The van der Waals surface area contributed by atoms with E-state index >= 15 is 0 Å². The summed E-state index contributed by atoms with van der Waals surface area (Å²) in [5.74, 6) is -0.612. The highest BCUT2D eigenvalue weighted by atomic mass is 16.3. The number of amides is 2. The summed E-state index contributed by atoms with van der Waals surface area (Å²) in [7, 11) is 0. The minimum Gasteiger partial charge on any atom is -0.388 e. The van der Waals surface area contributed by atoms with Crippen LogP contribution >= 0.6 is 0 Å². The highest BCUT2D eigenvalue weighted by Gasteiger charge is 2.53. The van der Waals surface area contributed by atoms with Crippen LogP contribution in [-0.2, 0) is 9.59 Å². The SMILES string of the molecule is CC(C)[C@@H](NC(=O)C1(C(=O)N[C@H](C(C)C)C(C)(C)O)CCC1)C(C)(C)O. The van der Waals surface area contributed by atoms with Crippen molar-refractivity contribution in [2.75, 3.05) is 0 Å². The molecule has 0 radical (unpaired) electrons. The Labute approximate surface area is 158 Å². The lowest BCUT2D eigenvalue weighted by Crippen LogP contribution is -2.64. The molecule has 6 heteroatoms.